The second kappa shape index (κ2) is 9.47. The summed E-state index contributed by atoms with van der Waals surface area (Å²) in [6.07, 6.45) is 4.85. The molecule has 0 unspecified atom stereocenters. The van der Waals surface area contributed by atoms with E-state index in [1.54, 1.807) is 26.3 Å². The summed E-state index contributed by atoms with van der Waals surface area (Å²) in [6, 6.07) is 6.16. The molecule has 0 atom stereocenters. The highest BCUT2D eigenvalue weighted by atomic mass is 19.1. The molecule has 0 aromatic heterocycles. The lowest BCUT2D eigenvalue weighted by molar-refractivity contribution is 0.0732. The van der Waals surface area contributed by atoms with Crippen LogP contribution < -0.4 is 15.4 Å². The molecule has 1 fully saturated rings. The summed E-state index contributed by atoms with van der Waals surface area (Å²) < 4.78 is 23.8. The van der Waals surface area contributed by atoms with Gasteiger partial charge in [0.15, 0.2) is 5.96 Å². The highest BCUT2D eigenvalue weighted by molar-refractivity contribution is 5.79. The monoisotopic (exact) mass is 337 g/mol. The van der Waals surface area contributed by atoms with Gasteiger partial charge in [-0.1, -0.05) is 12.5 Å². The third-order valence-corrected chi connectivity index (χ3v) is 4.56. The van der Waals surface area contributed by atoms with Crippen LogP contribution in [0, 0.1) is 11.2 Å². The van der Waals surface area contributed by atoms with Crippen LogP contribution in [0.4, 0.5) is 4.39 Å². The van der Waals surface area contributed by atoms with Gasteiger partial charge in [-0.3, -0.25) is 4.99 Å². The van der Waals surface area contributed by atoms with Crippen molar-refractivity contribution >= 4 is 5.96 Å². The van der Waals surface area contributed by atoms with Gasteiger partial charge in [0, 0.05) is 33.4 Å². The summed E-state index contributed by atoms with van der Waals surface area (Å²) in [6.45, 7) is 2.75. The van der Waals surface area contributed by atoms with Crippen molar-refractivity contribution in [2.75, 3.05) is 40.5 Å². The first-order valence-electron chi connectivity index (χ1n) is 8.49. The lowest BCUT2D eigenvalue weighted by atomic mass is 9.67. The van der Waals surface area contributed by atoms with Gasteiger partial charge >= 0.3 is 0 Å². The standard InChI is InChI=1S/C18H28FN3O2/c1-20-17(22-14-18(7-4-8-18)9-11-23-2)21-10-12-24-16-6-3-5-15(19)13-16/h3,5-6,13H,4,7-12,14H2,1-2H3,(H2,20,21,22). The fourth-order valence-corrected chi connectivity index (χ4v) is 2.90. The molecule has 0 saturated heterocycles. The molecule has 5 nitrogen and oxygen atoms in total. The molecule has 0 radical (unpaired) electrons. The van der Waals surface area contributed by atoms with E-state index in [-0.39, 0.29) is 5.82 Å². The molecule has 0 bridgehead atoms. The number of guanidine groups is 1. The quantitative estimate of drug-likeness (QED) is 0.413. The first kappa shape index (κ1) is 18.5. The van der Waals surface area contributed by atoms with E-state index in [2.05, 4.69) is 15.6 Å². The van der Waals surface area contributed by atoms with Crippen molar-refractivity contribution in [3.8, 4) is 5.75 Å². The molecule has 0 aliphatic heterocycles. The number of ether oxygens (including phenoxy) is 2. The SMILES string of the molecule is CN=C(NCCOc1cccc(F)c1)NCC1(CCOC)CCC1. The van der Waals surface area contributed by atoms with E-state index in [1.807, 2.05) is 0 Å². The molecule has 2 rings (SSSR count). The number of benzene rings is 1. The lowest BCUT2D eigenvalue weighted by Crippen LogP contribution is -2.47. The molecule has 6 heteroatoms. The van der Waals surface area contributed by atoms with Crippen LogP contribution >= 0.6 is 0 Å². The average molecular weight is 337 g/mol. The summed E-state index contributed by atoms with van der Waals surface area (Å²) in [5.74, 6) is 1.01. The Morgan fingerprint density at radius 2 is 2.12 bits per heavy atom. The molecule has 0 amide bonds. The minimum Gasteiger partial charge on any atom is -0.492 e. The minimum absolute atomic E-state index is 0.292. The van der Waals surface area contributed by atoms with Crippen molar-refractivity contribution in [2.45, 2.75) is 25.7 Å². The maximum Gasteiger partial charge on any atom is 0.191 e. The molecule has 0 heterocycles. The molecule has 0 spiro atoms. The molecule has 1 aliphatic rings. The van der Waals surface area contributed by atoms with Crippen molar-refractivity contribution in [3.05, 3.63) is 30.1 Å². The van der Waals surface area contributed by atoms with Crippen molar-refractivity contribution in [2.24, 2.45) is 10.4 Å². The summed E-state index contributed by atoms with van der Waals surface area (Å²) >= 11 is 0. The summed E-state index contributed by atoms with van der Waals surface area (Å²) in [5.41, 5.74) is 0.339. The Labute approximate surface area is 143 Å². The van der Waals surface area contributed by atoms with Gasteiger partial charge in [0.25, 0.3) is 0 Å². The Bertz CT molecular complexity index is 533. The van der Waals surface area contributed by atoms with Gasteiger partial charge < -0.3 is 20.1 Å². The summed E-state index contributed by atoms with van der Waals surface area (Å²) in [7, 11) is 3.50. The van der Waals surface area contributed by atoms with Crippen LogP contribution in [0.5, 0.6) is 5.75 Å². The van der Waals surface area contributed by atoms with Crippen LogP contribution in [0.3, 0.4) is 0 Å². The maximum absolute atomic E-state index is 13.1. The number of hydrogen-bond donors (Lipinski definition) is 2. The van der Waals surface area contributed by atoms with E-state index in [1.165, 1.54) is 31.4 Å². The van der Waals surface area contributed by atoms with Crippen molar-refractivity contribution < 1.29 is 13.9 Å². The molecular weight excluding hydrogens is 309 g/mol. The summed E-state index contributed by atoms with van der Waals surface area (Å²) in [5, 5.41) is 6.62. The van der Waals surface area contributed by atoms with E-state index in [4.69, 9.17) is 9.47 Å². The van der Waals surface area contributed by atoms with Gasteiger partial charge in [0.05, 0.1) is 6.54 Å². The fraction of sp³-hybridized carbons (Fsp3) is 0.611. The van der Waals surface area contributed by atoms with Crippen molar-refractivity contribution in [1.29, 1.82) is 0 Å². The number of nitrogens with zero attached hydrogens (tertiary/aromatic N) is 1. The van der Waals surface area contributed by atoms with Gasteiger partial charge in [-0.05, 0) is 36.8 Å². The van der Waals surface area contributed by atoms with Gasteiger partial charge in [-0.25, -0.2) is 4.39 Å². The van der Waals surface area contributed by atoms with Crippen LogP contribution in [0.25, 0.3) is 0 Å². The fourth-order valence-electron chi connectivity index (χ4n) is 2.90. The molecule has 1 aliphatic carbocycles. The maximum atomic E-state index is 13.1. The predicted octanol–water partition coefficient (Wildman–Crippen LogP) is 2.58. The van der Waals surface area contributed by atoms with Crippen LogP contribution in [-0.2, 0) is 4.74 Å². The molecule has 24 heavy (non-hydrogen) atoms. The molecule has 1 aromatic carbocycles. The Hall–Kier alpha value is -1.82. The highest BCUT2D eigenvalue weighted by Crippen LogP contribution is 2.43. The number of halogens is 1. The number of rotatable bonds is 9. The first-order chi connectivity index (χ1) is 11.7. The average Bonchev–Trinajstić information content (AvgIpc) is 2.55. The predicted molar refractivity (Wildman–Crippen MR) is 94.0 cm³/mol. The van der Waals surface area contributed by atoms with E-state index < -0.39 is 0 Å². The van der Waals surface area contributed by atoms with E-state index in [9.17, 15) is 4.39 Å². The Morgan fingerprint density at radius 3 is 2.75 bits per heavy atom. The van der Waals surface area contributed by atoms with Gasteiger partial charge in [0.2, 0.25) is 0 Å². The zero-order valence-electron chi connectivity index (χ0n) is 14.6. The molecule has 1 saturated carbocycles. The van der Waals surface area contributed by atoms with E-state index in [0.29, 0.717) is 24.3 Å². The largest absolute Gasteiger partial charge is 0.492 e. The van der Waals surface area contributed by atoms with Gasteiger partial charge in [0.1, 0.15) is 18.2 Å². The molecule has 134 valence electrons. The number of nitrogens with one attached hydrogen (secondary N) is 2. The van der Waals surface area contributed by atoms with Crippen LogP contribution in [-0.4, -0.2) is 46.4 Å². The Kier molecular flexibility index (Phi) is 7.31. The second-order valence-corrected chi connectivity index (χ2v) is 6.25. The first-order valence-corrected chi connectivity index (χ1v) is 8.49. The third kappa shape index (κ3) is 5.67. The Balaban J connectivity index is 1.67. The summed E-state index contributed by atoms with van der Waals surface area (Å²) in [4.78, 5) is 4.24. The molecule has 2 N–H and O–H groups in total. The Morgan fingerprint density at radius 1 is 1.29 bits per heavy atom. The minimum atomic E-state index is -0.292. The highest BCUT2D eigenvalue weighted by Gasteiger charge is 2.36. The smallest absolute Gasteiger partial charge is 0.191 e. The van der Waals surface area contributed by atoms with E-state index >= 15 is 0 Å². The van der Waals surface area contributed by atoms with Gasteiger partial charge in [-0.15, -0.1) is 0 Å². The third-order valence-electron chi connectivity index (χ3n) is 4.56. The van der Waals surface area contributed by atoms with Crippen LogP contribution in [0.2, 0.25) is 0 Å². The number of methoxy groups -OCH3 is 1. The van der Waals surface area contributed by atoms with Crippen LogP contribution in [0.15, 0.2) is 29.3 Å². The second-order valence-electron chi connectivity index (χ2n) is 6.25. The zero-order valence-corrected chi connectivity index (χ0v) is 14.6. The van der Waals surface area contributed by atoms with Gasteiger partial charge in [-0.2, -0.15) is 0 Å². The van der Waals surface area contributed by atoms with E-state index in [0.717, 1.165) is 25.5 Å². The normalized spacial score (nSPS) is 16.4. The molecular formula is C18H28FN3O2. The van der Waals surface area contributed by atoms with Crippen molar-refractivity contribution in [3.63, 3.8) is 0 Å². The van der Waals surface area contributed by atoms with Crippen molar-refractivity contribution in [1.82, 2.24) is 10.6 Å². The number of hydrogen-bond acceptors (Lipinski definition) is 3. The lowest BCUT2D eigenvalue weighted by Gasteiger charge is -2.42. The molecule has 1 aromatic rings. The zero-order chi connectivity index (χ0) is 17.3. The number of aliphatic imine (C=N–C) groups is 1. The van der Waals surface area contributed by atoms with Crippen LogP contribution in [0.1, 0.15) is 25.7 Å². The topological polar surface area (TPSA) is 54.9 Å².